The molecule has 0 aliphatic rings. The summed E-state index contributed by atoms with van der Waals surface area (Å²) in [5, 5.41) is 11.2. The molecular weight excluding hydrogens is 560 g/mol. The molecule has 0 aliphatic carbocycles. The van der Waals surface area contributed by atoms with E-state index in [9.17, 15) is 19.2 Å². The Hall–Kier alpha value is -4.08. The highest BCUT2D eigenvalue weighted by Crippen LogP contribution is 2.10. The number of carbonyl (C=O) groups excluding carboxylic acids is 4. The van der Waals surface area contributed by atoms with E-state index in [0.29, 0.717) is 25.9 Å². The van der Waals surface area contributed by atoms with Crippen LogP contribution in [0.2, 0.25) is 0 Å². The van der Waals surface area contributed by atoms with Gasteiger partial charge < -0.3 is 30.7 Å². The summed E-state index contributed by atoms with van der Waals surface area (Å²) in [4.78, 5) is 50.6. The fourth-order valence-electron chi connectivity index (χ4n) is 4.29. The Morgan fingerprint density at radius 2 is 0.909 bits per heavy atom. The molecule has 44 heavy (non-hydrogen) atoms. The smallest absolute Gasteiger partial charge is 0.408 e. The Bertz CT molecular complexity index is 1080. The lowest BCUT2D eigenvalue weighted by molar-refractivity contribution is -0.123. The topological polar surface area (TPSA) is 135 Å². The molecule has 0 heterocycles. The van der Waals surface area contributed by atoms with Gasteiger partial charge in [-0.25, -0.2) is 9.59 Å². The number of unbranched alkanes of at least 4 members (excludes halogenated alkanes) is 3. The van der Waals surface area contributed by atoms with Crippen LogP contribution >= 0.6 is 0 Å². The number of rotatable bonds is 15. The molecule has 242 valence electrons. The second-order valence-electron chi connectivity index (χ2n) is 12.8. The van der Waals surface area contributed by atoms with Crippen LogP contribution in [0.25, 0.3) is 0 Å². The first-order valence-electron chi connectivity index (χ1n) is 15.3. The minimum Gasteiger partial charge on any atom is -0.444 e. The van der Waals surface area contributed by atoms with Gasteiger partial charge in [-0.15, -0.1) is 0 Å². The average molecular weight is 611 g/mol. The summed E-state index contributed by atoms with van der Waals surface area (Å²) in [5.74, 6) is -0.539. The van der Waals surface area contributed by atoms with Crippen molar-refractivity contribution >= 4 is 24.0 Å². The minimum atomic E-state index is -0.763. The molecule has 0 saturated carbocycles. The van der Waals surface area contributed by atoms with E-state index in [0.717, 1.165) is 36.8 Å². The van der Waals surface area contributed by atoms with Crippen LogP contribution < -0.4 is 21.3 Å². The average Bonchev–Trinajstić information content (AvgIpc) is 2.92. The Morgan fingerprint density at radius 1 is 0.568 bits per heavy atom. The summed E-state index contributed by atoms with van der Waals surface area (Å²) in [7, 11) is 0. The highest BCUT2D eigenvalue weighted by molar-refractivity contribution is 5.86. The highest BCUT2D eigenvalue weighted by atomic mass is 16.6. The van der Waals surface area contributed by atoms with Crippen molar-refractivity contribution < 1.29 is 28.7 Å². The third-order valence-corrected chi connectivity index (χ3v) is 6.28. The number of nitrogens with one attached hydrogen (secondary N) is 4. The van der Waals surface area contributed by atoms with E-state index in [1.807, 2.05) is 60.7 Å². The second kappa shape index (κ2) is 17.9. The van der Waals surface area contributed by atoms with Gasteiger partial charge in [0.15, 0.2) is 0 Å². The number of carbonyl (C=O) groups is 4. The van der Waals surface area contributed by atoms with Crippen LogP contribution in [0.4, 0.5) is 9.59 Å². The molecular formula is C34H50N4O6. The summed E-state index contributed by atoms with van der Waals surface area (Å²) in [6.07, 6.45) is 2.62. The van der Waals surface area contributed by atoms with Gasteiger partial charge in [-0.05, 0) is 65.5 Å². The lowest BCUT2D eigenvalue weighted by atomic mass is 10.1. The SMILES string of the molecule is CC(C)(C)OC(=O)N[C@H](Cc1ccccc1)C(=O)NCCCCCCNC(=O)[C@@H](Cc1ccccc1)NC(=O)OC(C)(C)C. The number of benzene rings is 2. The molecule has 0 aliphatic heterocycles. The van der Waals surface area contributed by atoms with Crippen LogP contribution in [-0.2, 0) is 31.9 Å². The van der Waals surface area contributed by atoms with E-state index < -0.39 is 35.5 Å². The molecule has 4 amide bonds. The predicted molar refractivity (Wildman–Crippen MR) is 171 cm³/mol. The van der Waals surface area contributed by atoms with Crippen LogP contribution in [0.1, 0.15) is 78.4 Å². The van der Waals surface area contributed by atoms with Gasteiger partial charge in [0.2, 0.25) is 11.8 Å². The van der Waals surface area contributed by atoms with Crippen LogP contribution in [-0.4, -0.2) is 60.4 Å². The van der Waals surface area contributed by atoms with Crippen molar-refractivity contribution in [2.45, 2.75) is 103 Å². The van der Waals surface area contributed by atoms with Crippen molar-refractivity contribution in [3.8, 4) is 0 Å². The zero-order valence-corrected chi connectivity index (χ0v) is 27.0. The molecule has 0 unspecified atom stereocenters. The lowest BCUT2D eigenvalue weighted by Crippen LogP contribution is -2.49. The fraction of sp³-hybridized carbons (Fsp3) is 0.529. The molecule has 2 aromatic rings. The van der Waals surface area contributed by atoms with Crippen molar-refractivity contribution in [1.82, 2.24) is 21.3 Å². The van der Waals surface area contributed by atoms with Crippen molar-refractivity contribution in [1.29, 1.82) is 0 Å². The summed E-state index contributed by atoms with van der Waals surface area (Å²) in [6, 6.07) is 17.5. The maximum atomic E-state index is 12.9. The van der Waals surface area contributed by atoms with Gasteiger partial charge in [-0.2, -0.15) is 0 Å². The lowest BCUT2D eigenvalue weighted by Gasteiger charge is -2.23. The molecule has 2 atom stereocenters. The van der Waals surface area contributed by atoms with E-state index in [4.69, 9.17) is 9.47 Å². The fourth-order valence-corrected chi connectivity index (χ4v) is 4.29. The monoisotopic (exact) mass is 610 g/mol. The van der Waals surface area contributed by atoms with Crippen LogP contribution in [0, 0.1) is 0 Å². The van der Waals surface area contributed by atoms with Gasteiger partial charge in [-0.3, -0.25) is 9.59 Å². The van der Waals surface area contributed by atoms with Crippen molar-refractivity contribution in [2.75, 3.05) is 13.1 Å². The molecule has 0 radical (unpaired) electrons. The maximum absolute atomic E-state index is 12.9. The zero-order valence-electron chi connectivity index (χ0n) is 27.0. The minimum absolute atomic E-state index is 0.270. The normalized spacial score (nSPS) is 12.8. The largest absolute Gasteiger partial charge is 0.444 e. The first-order chi connectivity index (χ1) is 20.7. The molecule has 0 saturated heterocycles. The Kier molecular flexibility index (Phi) is 14.7. The first-order valence-corrected chi connectivity index (χ1v) is 15.3. The third kappa shape index (κ3) is 16.0. The standard InChI is InChI=1S/C34H50N4O6/c1-33(2,3)43-31(41)37-27(23-25-17-11-9-12-18-25)29(39)35-21-15-7-8-16-22-36-30(40)28(24-26-19-13-10-14-20-26)38-32(42)44-34(4,5)6/h9-14,17-20,27-28H,7-8,15-16,21-24H2,1-6H3,(H,35,39)(H,36,40)(H,37,41)(H,38,42)/t27-,28-/m1/s1. The van der Waals surface area contributed by atoms with E-state index >= 15 is 0 Å². The second-order valence-corrected chi connectivity index (χ2v) is 12.8. The molecule has 0 fully saturated rings. The quantitative estimate of drug-likeness (QED) is 0.209. The molecule has 2 aromatic carbocycles. The van der Waals surface area contributed by atoms with E-state index in [1.54, 1.807) is 41.5 Å². The Morgan fingerprint density at radius 3 is 1.23 bits per heavy atom. The van der Waals surface area contributed by atoms with Crippen LogP contribution in [0.3, 0.4) is 0 Å². The van der Waals surface area contributed by atoms with Gasteiger partial charge in [0.05, 0.1) is 0 Å². The number of hydrogen-bond donors (Lipinski definition) is 4. The molecule has 2 rings (SSSR count). The summed E-state index contributed by atoms with van der Waals surface area (Å²) < 4.78 is 10.7. The van der Waals surface area contributed by atoms with Gasteiger partial charge in [0, 0.05) is 25.9 Å². The molecule has 0 spiro atoms. The van der Waals surface area contributed by atoms with Crippen molar-refractivity contribution in [2.24, 2.45) is 0 Å². The molecule has 4 N–H and O–H groups in total. The third-order valence-electron chi connectivity index (χ3n) is 6.28. The summed E-state index contributed by atoms with van der Waals surface area (Å²) in [6.45, 7) is 11.6. The van der Waals surface area contributed by atoms with E-state index in [1.165, 1.54) is 0 Å². The van der Waals surface area contributed by atoms with Gasteiger partial charge in [-0.1, -0.05) is 73.5 Å². The maximum Gasteiger partial charge on any atom is 0.408 e. The van der Waals surface area contributed by atoms with Crippen LogP contribution in [0.15, 0.2) is 60.7 Å². The number of hydrogen-bond acceptors (Lipinski definition) is 6. The first kappa shape index (κ1) is 36.1. The number of amides is 4. The van der Waals surface area contributed by atoms with Crippen molar-refractivity contribution in [3.63, 3.8) is 0 Å². The summed E-state index contributed by atoms with van der Waals surface area (Å²) >= 11 is 0. The molecule has 0 bridgehead atoms. The molecule has 0 aromatic heterocycles. The van der Waals surface area contributed by atoms with Gasteiger partial charge in [0.25, 0.3) is 0 Å². The Balaban J connectivity index is 1.76. The number of ether oxygens (including phenoxy) is 2. The molecule has 10 heteroatoms. The Labute approximate surface area is 262 Å². The number of alkyl carbamates (subject to hydrolysis) is 2. The highest BCUT2D eigenvalue weighted by Gasteiger charge is 2.26. The van der Waals surface area contributed by atoms with E-state index in [-0.39, 0.29) is 11.8 Å². The van der Waals surface area contributed by atoms with Gasteiger partial charge in [0.1, 0.15) is 23.3 Å². The van der Waals surface area contributed by atoms with Gasteiger partial charge >= 0.3 is 12.2 Å². The van der Waals surface area contributed by atoms with Crippen LogP contribution in [0.5, 0.6) is 0 Å². The zero-order chi connectivity index (χ0) is 32.6. The van der Waals surface area contributed by atoms with Crippen molar-refractivity contribution in [3.05, 3.63) is 71.8 Å². The summed E-state index contributed by atoms with van der Waals surface area (Å²) in [5.41, 5.74) is 0.514. The predicted octanol–water partition coefficient (Wildman–Crippen LogP) is 5.05. The van der Waals surface area contributed by atoms with E-state index in [2.05, 4.69) is 21.3 Å². The molecule has 10 nitrogen and oxygen atoms in total.